The summed E-state index contributed by atoms with van der Waals surface area (Å²) < 4.78 is 0. The molecule has 2 heterocycles. The van der Waals surface area contributed by atoms with Crippen LogP contribution in [0.5, 0.6) is 0 Å². The Morgan fingerprint density at radius 2 is 2.04 bits per heavy atom. The Kier molecular flexibility index (Phi) is 5.50. The van der Waals surface area contributed by atoms with Crippen molar-refractivity contribution in [1.29, 1.82) is 0 Å². The van der Waals surface area contributed by atoms with Crippen LogP contribution in [0, 0.1) is 0 Å². The summed E-state index contributed by atoms with van der Waals surface area (Å²) in [6, 6.07) is 11.3. The van der Waals surface area contributed by atoms with E-state index in [1.165, 1.54) is 11.3 Å². The van der Waals surface area contributed by atoms with Crippen LogP contribution in [0.2, 0.25) is 0 Å². The number of likely N-dealkylation sites (tertiary alicyclic amines) is 1. The lowest BCUT2D eigenvalue weighted by Gasteiger charge is -2.33. The maximum Gasteiger partial charge on any atom is 0.268 e. The molecule has 0 radical (unpaired) electrons. The third kappa shape index (κ3) is 3.75. The van der Waals surface area contributed by atoms with Crippen LogP contribution < -0.4 is 10.2 Å². The van der Waals surface area contributed by atoms with Gasteiger partial charge in [-0.1, -0.05) is 18.2 Å². The van der Waals surface area contributed by atoms with Crippen molar-refractivity contribution in [2.75, 3.05) is 32.1 Å². The van der Waals surface area contributed by atoms with E-state index in [2.05, 4.69) is 5.32 Å². The van der Waals surface area contributed by atoms with Gasteiger partial charge in [-0.05, 0) is 43.5 Å². The number of carbonyl (C=O) groups excluding carboxylic acids is 2. The molecule has 2 aromatic rings. The van der Waals surface area contributed by atoms with Crippen LogP contribution in [0.15, 0.2) is 41.8 Å². The summed E-state index contributed by atoms with van der Waals surface area (Å²) in [5, 5.41) is 5.14. The number of hydrogen-bond donors (Lipinski definition) is 1. The van der Waals surface area contributed by atoms with Crippen LogP contribution >= 0.6 is 11.3 Å². The number of likely N-dealkylation sites (N-methyl/N-ethyl adjacent to an activating group) is 1. The molecule has 1 aromatic carbocycles. The second-order valence-corrected chi connectivity index (χ2v) is 7.19. The number of nitrogens with one attached hydrogen (secondary N) is 1. The molecule has 1 atom stereocenters. The fourth-order valence-corrected chi connectivity index (χ4v) is 3.89. The van der Waals surface area contributed by atoms with Crippen molar-refractivity contribution in [2.45, 2.75) is 18.9 Å². The summed E-state index contributed by atoms with van der Waals surface area (Å²) in [7, 11) is 3.65. The van der Waals surface area contributed by atoms with E-state index in [0.29, 0.717) is 28.7 Å². The number of hydrogen-bond acceptors (Lipinski definition) is 4. The van der Waals surface area contributed by atoms with Gasteiger partial charge in [-0.2, -0.15) is 0 Å². The van der Waals surface area contributed by atoms with Crippen LogP contribution in [-0.4, -0.2) is 49.9 Å². The smallest absolute Gasteiger partial charge is 0.268 e. The molecular weight excluding hydrogens is 334 g/mol. The van der Waals surface area contributed by atoms with Crippen LogP contribution in [-0.2, 0) is 0 Å². The molecule has 1 aliphatic rings. The van der Waals surface area contributed by atoms with Crippen LogP contribution in [0.3, 0.4) is 0 Å². The van der Waals surface area contributed by atoms with E-state index in [9.17, 15) is 9.59 Å². The van der Waals surface area contributed by atoms with E-state index in [-0.39, 0.29) is 11.8 Å². The maximum atomic E-state index is 13.1. The quantitative estimate of drug-likeness (QED) is 0.915. The molecule has 1 unspecified atom stereocenters. The maximum absolute atomic E-state index is 13.1. The molecule has 1 N–H and O–H groups in total. The number of rotatable bonds is 4. The fourth-order valence-electron chi connectivity index (χ4n) is 3.19. The number of nitrogens with zero attached hydrogens (tertiary/aromatic N) is 2. The lowest BCUT2D eigenvalue weighted by molar-refractivity contribution is 0.0699. The molecule has 3 rings (SSSR count). The summed E-state index contributed by atoms with van der Waals surface area (Å²) in [6.07, 6.45) is 2.07. The van der Waals surface area contributed by atoms with Gasteiger partial charge >= 0.3 is 0 Å². The van der Waals surface area contributed by atoms with Gasteiger partial charge < -0.3 is 15.1 Å². The largest absolute Gasteiger partial charge is 0.337 e. The molecule has 0 saturated carbocycles. The van der Waals surface area contributed by atoms with Gasteiger partial charge in [0.15, 0.2) is 0 Å². The predicted molar refractivity (Wildman–Crippen MR) is 101 cm³/mol. The average molecular weight is 357 g/mol. The van der Waals surface area contributed by atoms with E-state index in [4.69, 9.17) is 0 Å². The van der Waals surface area contributed by atoms with Gasteiger partial charge in [0.2, 0.25) is 0 Å². The number of para-hydroxylation sites is 1. The van der Waals surface area contributed by atoms with E-state index in [0.717, 1.165) is 19.4 Å². The highest BCUT2D eigenvalue weighted by molar-refractivity contribution is 7.12. The number of anilines is 1. The average Bonchev–Trinajstić information content (AvgIpc) is 3.21. The highest BCUT2D eigenvalue weighted by Crippen LogP contribution is 2.25. The van der Waals surface area contributed by atoms with Crippen molar-refractivity contribution >= 4 is 28.8 Å². The van der Waals surface area contributed by atoms with Gasteiger partial charge in [-0.15, -0.1) is 11.3 Å². The number of benzene rings is 1. The monoisotopic (exact) mass is 357 g/mol. The molecule has 0 aliphatic carbocycles. The first-order valence-corrected chi connectivity index (χ1v) is 9.37. The third-order valence-electron chi connectivity index (χ3n) is 4.65. The minimum Gasteiger partial charge on any atom is -0.337 e. The molecule has 1 fully saturated rings. The standard InChI is InChI=1S/C19H23N3O2S/c1-20-14-7-5-11-22(13-14)18(23)15-8-3-4-9-16(15)21(2)19(24)17-10-6-12-25-17/h3-4,6,8-10,12,14,20H,5,7,11,13H2,1-2H3. The molecule has 5 nitrogen and oxygen atoms in total. The Bertz CT molecular complexity index is 745. The van der Waals surface area contributed by atoms with Gasteiger partial charge in [0.05, 0.1) is 16.1 Å². The van der Waals surface area contributed by atoms with E-state index in [1.807, 2.05) is 41.6 Å². The molecule has 1 aliphatic heterocycles. The van der Waals surface area contributed by atoms with Crippen molar-refractivity contribution in [3.8, 4) is 0 Å². The summed E-state index contributed by atoms with van der Waals surface area (Å²) in [6.45, 7) is 1.46. The zero-order chi connectivity index (χ0) is 17.8. The predicted octanol–water partition coefficient (Wildman–Crippen LogP) is 2.85. The van der Waals surface area contributed by atoms with Gasteiger partial charge in [-0.25, -0.2) is 0 Å². The van der Waals surface area contributed by atoms with Crippen molar-refractivity contribution in [3.63, 3.8) is 0 Å². The second-order valence-electron chi connectivity index (χ2n) is 6.24. The summed E-state index contributed by atoms with van der Waals surface area (Å²) in [5.74, 6) is -0.108. The van der Waals surface area contributed by atoms with Crippen LogP contribution in [0.25, 0.3) is 0 Å². The first-order chi connectivity index (χ1) is 12.1. The zero-order valence-corrected chi connectivity index (χ0v) is 15.4. The Morgan fingerprint density at radius 3 is 2.76 bits per heavy atom. The molecule has 0 bridgehead atoms. The van der Waals surface area contributed by atoms with Crippen molar-refractivity contribution in [2.24, 2.45) is 0 Å². The molecule has 1 aromatic heterocycles. The first kappa shape index (κ1) is 17.6. The molecular formula is C19H23N3O2S. The number of piperidine rings is 1. The Morgan fingerprint density at radius 1 is 1.24 bits per heavy atom. The SMILES string of the molecule is CNC1CCCN(C(=O)c2ccccc2N(C)C(=O)c2cccs2)C1. The minimum atomic E-state index is -0.0954. The Hall–Kier alpha value is -2.18. The van der Waals surface area contributed by atoms with E-state index >= 15 is 0 Å². The molecule has 0 spiro atoms. The highest BCUT2D eigenvalue weighted by atomic mass is 32.1. The van der Waals surface area contributed by atoms with Gasteiger partial charge in [-0.3, -0.25) is 9.59 Å². The van der Waals surface area contributed by atoms with Crippen LogP contribution in [0.4, 0.5) is 5.69 Å². The Balaban J connectivity index is 1.85. The highest BCUT2D eigenvalue weighted by Gasteiger charge is 2.27. The number of amides is 2. The molecule has 6 heteroatoms. The van der Waals surface area contributed by atoms with Crippen LogP contribution in [0.1, 0.15) is 32.9 Å². The summed E-state index contributed by atoms with van der Waals surface area (Å²) >= 11 is 1.40. The van der Waals surface area contributed by atoms with E-state index in [1.54, 1.807) is 24.1 Å². The lowest BCUT2D eigenvalue weighted by Crippen LogP contribution is -2.47. The second kappa shape index (κ2) is 7.80. The molecule has 1 saturated heterocycles. The fraction of sp³-hybridized carbons (Fsp3) is 0.368. The van der Waals surface area contributed by atoms with Crippen molar-refractivity contribution in [3.05, 3.63) is 52.2 Å². The third-order valence-corrected chi connectivity index (χ3v) is 5.51. The van der Waals surface area contributed by atoms with Crippen molar-refractivity contribution in [1.82, 2.24) is 10.2 Å². The van der Waals surface area contributed by atoms with E-state index < -0.39 is 0 Å². The zero-order valence-electron chi connectivity index (χ0n) is 14.6. The summed E-state index contributed by atoms with van der Waals surface area (Å²) in [4.78, 5) is 29.8. The number of thiophene rings is 1. The van der Waals surface area contributed by atoms with Crippen molar-refractivity contribution < 1.29 is 9.59 Å². The van der Waals surface area contributed by atoms with Gasteiger partial charge in [0.25, 0.3) is 11.8 Å². The minimum absolute atomic E-state index is 0.0126. The lowest BCUT2D eigenvalue weighted by atomic mass is 10.0. The normalized spacial score (nSPS) is 17.4. The topological polar surface area (TPSA) is 52.7 Å². The molecule has 25 heavy (non-hydrogen) atoms. The number of carbonyl (C=O) groups is 2. The Labute approximate surface area is 152 Å². The molecule has 132 valence electrons. The summed E-state index contributed by atoms with van der Waals surface area (Å²) in [5.41, 5.74) is 1.23. The molecule has 2 amide bonds. The van der Waals surface area contributed by atoms with Gasteiger partial charge in [0, 0.05) is 26.2 Å². The first-order valence-electron chi connectivity index (χ1n) is 8.49. The van der Waals surface area contributed by atoms with Gasteiger partial charge in [0.1, 0.15) is 0 Å².